The van der Waals surface area contributed by atoms with Gasteiger partial charge in [-0.1, -0.05) is 26.0 Å². The molecule has 0 saturated heterocycles. The minimum absolute atomic E-state index is 0.0704. The summed E-state index contributed by atoms with van der Waals surface area (Å²) in [6, 6.07) is 5.47. The van der Waals surface area contributed by atoms with Crippen LogP contribution in [0.5, 0.6) is 5.75 Å². The average Bonchev–Trinajstić information content (AvgIpc) is 2.18. The standard InChI is InChI=1S/C13H17NO3/c1-8(2)10-4-5-11(7-13(14)16)12(6-10)17-9(3)15/h4-6,8H,7H2,1-3H3,(H2,14,16). The molecule has 0 aliphatic rings. The normalized spacial score (nSPS) is 10.4. The number of nitrogens with two attached hydrogens (primary N) is 1. The van der Waals surface area contributed by atoms with Crippen molar-refractivity contribution >= 4 is 11.9 Å². The maximum atomic E-state index is 11.0. The summed E-state index contributed by atoms with van der Waals surface area (Å²) < 4.78 is 5.09. The monoisotopic (exact) mass is 235 g/mol. The van der Waals surface area contributed by atoms with Gasteiger partial charge in [-0.2, -0.15) is 0 Å². The Hall–Kier alpha value is -1.84. The molecule has 0 aliphatic carbocycles. The molecule has 0 heterocycles. The highest BCUT2D eigenvalue weighted by molar-refractivity contribution is 5.78. The van der Waals surface area contributed by atoms with Crippen LogP contribution in [-0.4, -0.2) is 11.9 Å². The Bertz CT molecular complexity index is 438. The number of hydrogen-bond donors (Lipinski definition) is 1. The van der Waals surface area contributed by atoms with Crippen LogP contribution in [0.1, 0.15) is 37.8 Å². The molecule has 0 aliphatic heterocycles. The van der Waals surface area contributed by atoms with E-state index in [0.717, 1.165) is 5.56 Å². The number of benzene rings is 1. The zero-order chi connectivity index (χ0) is 13.0. The molecule has 2 N–H and O–H groups in total. The molecule has 92 valence electrons. The van der Waals surface area contributed by atoms with Crippen LogP contribution in [0, 0.1) is 0 Å². The molecule has 0 fully saturated rings. The molecule has 0 bridgehead atoms. The molecule has 1 amide bonds. The number of carbonyl (C=O) groups is 2. The Kier molecular flexibility index (Phi) is 4.26. The third kappa shape index (κ3) is 3.90. The van der Waals surface area contributed by atoms with Crippen LogP contribution >= 0.6 is 0 Å². The first-order valence-electron chi connectivity index (χ1n) is 5.49. The van der Waals surface area contributed by atoms with E-state index in [1.807, 2.05) is 19.9 Å². The predicted octanol–water partition coefficient (Wildman–Crippen LogP) is 1.76. The second kappa shape index (κ2) is 5.48. The summed E-state index contributed by atoms with van der Waals surface area (Å²) in [4.78, 5) is 21.9. The van der Waals surface area contributed by atoms with Crippen molar-refractivity contribution in [3.8, 4) is 5.75 Å². The Balaban J connectivity index is 3.11. The van der Waals surface area contributed by atoms with Crippen LogP contribution in [0.15, 0.2) is 18.2 Å². The summed E-state index contributed by atoms with van der Waals surface area (Å²) in [7, 11) is 0. The topological polar surface area (TPSA) is 69.4 Å². The molecule has 0 aromatic heterocycles. The third-order valence-corrected chi connectivity index (χ3v) is 2.38. The van der Waals surface area contributed by atoms with E-state index in [9.17, 15) is 9.59 Å². The fourth-order valence-electron chi connectivity index (χ4n) is 1.51. The van der Waals surface area contributed by atoms with Crippen molar-refractivity contribution in [3.05, 3.63) is 29.3 Å². The van der Waals surface area contributed by atoms with Crippen molar-refractivity contribution in [1.29, 1.82) is 0 Å². The summed E-state index contributed by atoms with van der Waals surface area (Å²) in [5.74, 6) is -0.109. The molecule has 0 radical (unpaired) electrons. The lowest BCUT2D eigenvalue weighted by Crippen LogP contribution is -2.15. The van der Waals surface area contributed by atoms with Gasteiger partial charge in [-0.05, 0) is 17.5 Å². The maximum absolute atomic E-state index is 11.0. The van der Waals surface area contributed by atoms with Crippen LogP contribution in [0.2, 0.25) is 0 Å². The summed E-state index contributed by atoms with van der Waals surface area (Å²) in [6.45, 7) is 5.41. The number of rotatable bonds is 4. The molecule has 0 unspecified atom stereocenters. The molecule has 1 aromatic rings. The van der Waals surface area contributed by atoms with E-state index in [-0.39, 0.29) is 6.42 Å². The number of carbonyl (C=O) groups excluding carboxylic acids is 2. The van der Waals surface area contributed by atoms with E-state index in [4.69, 9.17) is 10.5 Å². The van der Waals surface area contributed by atoms with Crippen molar-refractivity contribution in [2.24, 2.45) is 5.73 Å². The number of hydrogen-bond acceptors (Lipinski definition) is 3. The van der Waals surface area contributed by atoms with Crippen molar-refractivity contribution in [3.63, 3.8) is 0 Å². The van der Waals surface area contributed by atoms with Gasteiger partial charge in [-0.25, -0.2) is 0 Å². The van der Waals surface area contributed by atoms with Crippen LogP contribution in [0.25, 0.3) is 0 Å². The van der Waals surface area contributed by atoms with E-state index in [0.29, 0.717) is 17.2 Å². The molecule has 17 heavy (non-hydrogen) atoms. The van der Waals surface area contributed by atoms with Crippen molar-refractivity contribution in [2.45, 2.75) is 33.1 Å². The van der Waals surface area contributed by atoms with Gasteiger partial charge < -0.3 is 10.5 Å². The average molecular weight is 235 g/mol. The molecule has 4 heteroatoms. The summed E-state index contributed by atoms with van der Waals surface area (Å²) >= 11 is 0. The molecule has 0 spiro atoms. The largest absolute Gasteiger partial charge is 0.426 e. The Morgan fingerprint density at radius 2 is 2.00 bits per heavy atom. The highest BCUT2D eigenvalue weighted by Gasteiger charge is 2.11. The minimum Gasteiger partial charge on any atom is -0.426 e. The van der Waals surface area contributed by atoms with E-state index in [2.05, 4.69) is 0 Å². The molecule has 1 aromatic carbocycles. The lowest BCUT2D eigenvalue weighted by atomic mass is 10.00. The van der Waals surface area contributed by atoms with Crippen molar-refractivity contribution in [2.75, 3.05) is 0 Å². The quantitative estimate of drug-likeness (QED) is 0.638. The van der Waals surface area contributed by atoms with Crippen LogP contribution < -0.4 is 10.5 Å². The van der Waals surface area contributed by atoms with Crippen LogP contribution in [0.3, 0.4) is 0 Å². The highest BCUT2D eigenvalue weighted by Crippen LogP contribution is 2.25. The first-order chi connectivity index (χ1) is 7.90. The van der Waals surface area contributed by atoms with E-state index in [1.54, 1.807) is 12.1 Å². The van der Waals surface area contributed by atoms with E-state index < -0.39 is 11.9 Å². The van der Waals surface area contributed by atoms with Crippen molar-refractivity contribution in [1.82, 2.24) is 0 Å². The Morgan fingerprint density at radius 3 is 2.47 bits per heavy atom. The number of amides is 1. The zero-order valence-corrected chi connectivity index (χ0v) is 10.3. The van der Waals surface area contributed by atoms with Crippen LogP contribution in [-0.2, 0) is 16.0 Å². The van der Waals surface area contributed by atoms with E-state index >= 15 is 0 Å². The SMILES string of the molecule is CC(=O)Oc1cc(C(C)C)ccc1CC(N)=O. The molecule has 1 rings (SSSR count). The molecule has 4 nitrogen and oxygen atoms in total. The number of ether oxygens (including phenoxy) is 1. The number of esters is 1. The predicted molar refractivity (Wildman–Crippen MR) is 64.7 cm³/mol. The van der Waals surface area contributed by atoms with Gasteiger partial charge in [0, 0.05) is 12.5 Å². The lowest BCUT2D eigenvalue weighted by Gasteiger charge is -2.12. The third-order valence-electron chi connectivity index (χ3n) is 2.38. The highest BCUT2D eigenvalue weighted by atomic mass is 16.5. The van der Waals surface area contributed by atoms with Crippen molar-refractivity contribution < 1.29 is 14.3 Å². The second-order valence-electron chi connectivity index (χ2n) is 4.26. The van der Waals surface area contributed by atoms with Gasteiger partial charge in [0.2, 0.25) is 5.91 Å². The van der Waals surface area contributed by atoms with Gasteiger partial charge in [-0.3, -0.25) is 9.59 Å². The molecule has 0 atom stereocenters. The van der Waals surface area contributed by atoms with Crippen LogP contribution in [0.4, 0.5) is 0 Å². The number of primary amides is 1. The molecule has 0 saturated carbocycles. The Morgan fingerprint density at radius 1 is 1.35 bits per heavy atom. The molecular formula is C13H17NO3. The first-order valence-corrected chi connectivity index (χ1v) is 5.49. The van der Waals surface area contributed by atoms with Gasteiger partial charge >= 0.3 is 5.97 Å². The van der Waals surface area contributed by atoms with Gasteiger partial charge in [-0.15, -0.1) is 0 Å². The second-order valence-corrected chi connectivity index (χ2v) is 4.26. The Labute approximate surface area is 101 Å². The molecular weight excluding hydrogens is 218 g/mol. The lowest BCUT2D eigenvalue weighted by molar-refractivity contribution is -0.132. The van der Waals surface area contributed by atoms with Gasteiger partial charge in [0.15, 0.2) is 0 Å². The maximum Gasteiger partial charge on any atom is 0.308 e. The first kappa shape index (κ1) is 13.2. The fraction of sp³-hybridized carbons (Fsp3) is 0.385. The van der Waals surface area contributed by atoms with Gasteiger partial charge in [0.05, 0.1) is 6.42 Å². The van der Waals surface area contributed by atoms with Gasteiger partial charge in [0.1, 0.15) is 5.75 Å². The van der Waals surface area contributed by atoms with E-state index in [1.165, 1.54) is 6.92 Å². The summed E-state index contributed by atoms with van der Waals surface area (Å²) in [5.41, 5.74) is 6.83. The fourth-order valence-corrected chi connectivity index (χ4v) is 1.51. The van der Waals surface area contributed by atoms with Gasteiger partial charge in [0.25, 0.3) is 0 Å². The summed E-state index contributed by atoms with van der Waals surface area (Å²) in [6.07, 6.45) is 0.0704. The minimum atomic E-state index is -0.448. The smallest absolute Gasteiger partial charge is 0.308 e. The zero-order valence-electron chi connectivity index (χ0n) is 10.3. The summed E-state index contributed by atoms with van der Waals surface area (Å²) in [5, 5.41) is 0.